The van der Waals surface area contributed by atoms with Gasteiger partial charge < -0.3 is 9.32 Å². The minimum absolute atomic E-state index is 0.0806. The highest BCUT2D eigenvalue weighted by Crippen LogP contribution is 2.32. The van der Waals surface area contributed by atoms with E-state index in [0.29, 0.717) is 5.76 Å². The number of hydrogen-bond donors (Lipinski definition) is 0. The monoisotopic (exact) mass is 402 g/mol. The van der Waals surface area contributed by atoms with Crippen LogP contribution in [-0.4, -0.2) is 49.7 Å². The summed E-state index contributed by atoms with van der Waals surface area (Å²) in [6.07, 6.45) is 0. The summed E-state index contributed by atoms with van der Waals surface area (Å²) in [6.45, 7) is 2.61. The first-order chi connectivity index (χ1) is 11.8. The van der Waals surface area contributed by atoms with Crippen LogP contribution in [0.5, 0.6) is 0 Å². The van der Waals surface area contributed by atoms with Crippen LogP contribution in [0.1, 0.15) is 16.3 Å². The summed E-state index contributed by atoms with van der Waals surface area (Å²) in [6, 6.07) is 7.89. The first-order valence-electron chi connectivity index (χ1n) is 7.60. The summed E-state index contributed by atoms with van der Waals surface area (Å²) >= 11 is 12.1. The molecular formula is C16H16Cl2N2O4S. The quantitative estimate of drug-likeness (QED) is 0.790. The smallest absolute Gasteiger partial charge is 0.289 e. The SMILES string of the molecule is Cc1ccc(C(=O)N2CCN(S(=O)(=O)c3c(Cl)cccc3Cl)CC2)o1. The van der Waals surface area contributed by atoms with E-state index in [4.69, 9.17) is 27.6 Å². The molecule has 0 unspecified atom stereocenters. The van der Waals surface area contributed by atoms with Gasteiger partial charge in [-0.2, -0.15) is 4.31 Å². The number of benzene rings is 1. The summed E-state index contributed by atoms with van der Waals surface area (Å²) in [5.74, 6) is 0.654. The van der Waals surface area contributed by atoms with Gasteiger partial charge in [-0.3, -0.25) is 4.79 Å². The second kappa shape index (κ2) is 6.99. The Hall–Kier alpha value is -1.54. The Balaban J connectivity index is 1.75. The van der Waals surface area contributed by atoms with Crippen molar-refractivity contribution in [1.29, 1.82) is 0 Å². The number of furan rings is 1. The molecule has 0 radical (unpaired) electrons. The maximum atomic E-state index is 12.8. The molecule has 0 saturated carbocycles. The number of carbonyl (C=O) groups excluding carboxylic acids is 1. The lowest BCUT2D eigenvalue weighted by Gasteiger charge is -2.33. The van der Waals surface area contributed by atoms with Gasteiger partial charge >= 0.3 is 0 Å². The van der Waals surface area contributed by atoms with Crippen molar-refractivity contribution in [2.75, 3.05) is 26.2 Å². The Morgan fingerprint density at radius 2 is 1.64 bits per heavy atom. The second-order valence-electron chi connectivity index (χ2n) is 5.66. The van der Waals surface area contributed by atoms with E-state index in [-0.39, 0.29) is 52.8 Å². The van der Waals surface area contributed by atoms with Gasteiger partial charge in [-0.15, -0.1) is 0 Å². The third-order valence-electron chi connectivity index (χ3n) is 3.99. The van der Waals surface area contributed by atoms with Crippen LogP contribution in [0.15, 0.2) is 39.6 Å². The lowest BCUT2D eigenvalue weighted by molar-refractivity contribution is 0.0664. The molecule has 2 aromatic rings. The van der Waals surface area contributed by atoms with E-state index in [0.717, 1.165) is 0 Å². The third kappa shape index (κ3) is 3.55. The average Bonchev–Trinajstić information content (AvgIpc) is 3.00. The highest BCUT2D eigenvalue weighted by Gasteiger charge is 2.33. The van der Waals surface area contributed by atoms with E-state index in [1.807, 2.05) is 0 Å². The Bertz CT molecular complexity index is 882. The molecule has 1 aromatic carbocycles. The van der Waals surface area contributed by atoms with Gasteiger partial charge in [-0.25, -0.2) is 8.42 Å². The van der Waals surface area contributed by atoms with E-state index >= 15 is 0 Å². The summed E-state index contributed by atoms with van der Waals surface area (Å²) < 4.78 is 32.3. The van der Waals surface area contributed by atoms with Crippen LogP contribution in [0.2, 0.25) is 10.0 Å². The van der Waals surface area contributed by atoms with Gasteiger partial charge in [-0.1, -0.05) is 29.3 Å². The highest BCUT2D eigenvalue weighted by atomic mass is 35.5. The first-order valence-corrected chi connectivity index (χ1v) is 9.80. The highest BCUT2D eigenvalue weighted by molar-refractivity contribution is 7.89. The second-order valence-corrected chi connectivity index (χ2v) is 8.35. The summed E-state index contributed by atoms with van der Waals surface area (Å²) in [5.41, 5.74) is 0. The van der Waals surface area contributed by atoms with Gasteiger partial charge in [0.25, 0.3) is 5.91 Å². The standard InChI is InChI=1S/C16H16Cl2N2O4S/c1-11-5-6-14(24-11)16(21)19-7-9-20(10-8-19)25(22,23)15-12(17)3-2-4-13(15)18/h2-6H,7-10H2,1H3. The number of carbonyl (C=O) groups is 1. The van der Waals surface area contributed by atoms with Gasteiger partial charge in [-0.05, 0) is 31.2 Å². The molecule has 0 aliphatic carbocycles. The Kier molecular flexibility index (Phi) is 5.11. The Morgan fingerprint density at radius 3 is 2.16 bits per heavy atom. The van der Waals surface area contributed by atoms with Gasteiger partial charge in [0.15, 0.2) is 5.76 Å². The minimum atomic E-state index is -3.82. The minimum Gasteiger partial charge on any atom is -0.456 e. The zero-order chi connectivity index (χ0) is 18.2. The normalized spacial score (nSPS) is 16.2. The van der Waals surface area contributed by atoms with Crippen LogP contribution in [0.4, 0.5) is 0 Å². The van der Waals surface area contributed by atoms with Crippen LogP contribution in [0.3, 0.4) is 0 Å². The maximum Gasteiger partial charge on any atom is 0.289 e. The number of aryl methyl sites for hydroxylation is 1. The van der Waals surface area contributed by atoms with Crippen molar-refractivity contribution in [2.24, 2.45) is 0 Å². The number of rotatable bonds is 3. The summed E-state index contributed by atoms with van der Waals surface area (Å²) in [7, 11) is -3.82. The molecule has 1 aliphatic heterocycles. The van der Waals surface area contributed by atoms with Gasteiger partial charge in [0.1, 0.15) is 10.7 Å². The topological polar surface area (TPSA) is 70.8 Å². The molecule has 6 nitrogen and oxygen atoms in total. The fourth-order valence-corrected chi connectivity index (χ4v) is 5.21. The Morgan fingerprint density at radius 1 is 1.04 bits per heavy atom. The van der Waals surface area contributed by atoms with Crippen molar-refractivity contribution < 1.29 is 17.6 Å². The number of hydrogen-bond acceptors (Lipinski definition) is 4. The molecule has 1 amide bonds. The molecule has 25 heavy (non-hydrogen) atoms. The molecule has 1 saturated heterocycles. The van der Waals surface area contributed by atoms with E-state index in [9.17, 15) is 13.2 Å². The van der Waals surface area contributed by atoms with Crippen LogP contribution in [0, 0.1) is 6.92 Å². The van der Waals surface area contributed by atoms with Crippen LogP contribution in [0.25, 0.3) is 0 Å². The lowest BCUT2D eigenvalue weighted by atomic mass is 10.3. The van der Waals surface area contributed by atoms with Crippen molar-refractivity contribution in [1.82, 2.24) is 9.21 Å². The van der Waals surface area contributed by atoms with E-state index < -0.39 is 10.0 Å². The fourth-order valence-electron chi connectivity index (χ4n) is 2.69. The maximum absolute atomic E-state index is 12.8. The molecule has 0 bridgehead atoms. The van der Waals surface area contributed by atoms with E-state index in [1.54, 1.807) is 30.0 Å². The van der Waals surface area contributed by atoms with Crippen molar-refractivity contribution in [2.45, 2.75) is 11.8 Å². The summed E-state index contributed by atoms with van der Waals surface area (Å²) in [4.78, 5) is 13.8. The lowest BCUT2D eigenvalue weighted by Crippen LogP contribution is -2.50. The van der Waals surface area contributed by atoms with E-state index in [2.05, 4.69) is 0 Å². The summed E-state index contributed by atoms with van der Waals surface area (Å²) in [5, 5.41) is 0.161. The molecule has 9 heteroatoms. The number of amides is 1. The zero-order valence-electron chi connectivity index (χ0n) is 13.4. The van der Waals surface area contributed by atoms with Crippen LogP contribution < -0.4 is 0 Å². The fraction of sp³-hybridized carbons (Fsp3) is 0.312. The number of nitrogens with zero attached hydrogens (tertiary/aromatic N) is 2. The van der Waals surface area contributed by atoms with Crippen LogP contribution >= 0.6 is 23.2 Å². The van der Waals surface area contributed by atoms with Gasteiger partial charge in [0, 0.05) is 26.2 Å². The van der Waals surface area contributed by atoms with Crippen molar-refractivity contribution >= 4 is 39.1 Å². The number of sulfonamides is 1. The Labute approximate surface area is 156 Å². The van der Waals surface area contributed by atoms with E-state index in [1.165, 1.54) is 16.4 Å². The van der Waals surface area contributed by atoms with Crippen LogP contribution in [-0.2, 0) is 10.0 Å². The number of halogens is 2. The molecule has 3 rings (SSSR count). The van der Waals surface area contributed by atoms with Crippen molar-refractivity contribution in [3.05, 3.63) is 51.9 Å². The molecule has 2 heterocycles. The molecule has 1 aromatic heterocycles. The molecule has 0 spiro atoms. The molecule has 0 atom stereocenters. The van der Waals surface area contributed by atoms with Gasteiger partial charge in [0.2, 0.25) is 10.0 Å². The third-order valence-corrected chi connectivity index (χ3v) is 6.85. The van der Waals surface area contributed by atoms with Crippen molar-refractivity contribution in [3.8, 4) is 0 Å². The average molecular weight is 403 g/mol. The number of piperazine rings is 1. The largest absolute Gasteiger partial charge is 0.456 e. The van der Waals surface area contributed by atoms with Crippen molar-refractivity contribution in [3.63, 3.8) is 0 Å². The molecular weight excluding hydrogens is 387 g/mol. The molecule has 1 aliphatic rings. The molecule has 1 fully saturated rings. The predicted octanol–water partition coefficient (Wildman–Crippen LogP) is 3.04. The molecule has 0 N–H and O–H groups in total. The molecule has 134 valence electrons. The zero-order valence-corrected chi connectivity index (χ0v) is 15.7. The van der Waals surface area contributed by atoms with Gasteiger partial charge in [0.05, 0.1) is 10.0 Å². The predicted molar refractivity (Wildman–Crippen MR) is 94.6 cm³/mol. The first kappa shape index (κ1) is 18.3.